The molecule has 0 aliphatic heterocycles. The first-order chi connectivity index (χ1) is 9.04. The largest absolute Gasteiger partial charge is 0.507 e. The minimum atomic E-state index is -1.14. The SMILES string of the molecule is CCCC(C=O)=C1C(O)=CC(C(O)OCC)C=C1O. The summed E-state index contributed by atoms with van der Waals surface area (Å²) in [6.07, 6.45) is 3.42. The number of allylic oxidation sites excluding steroid dienone is 1. The Balaban J connectivity index is 3.07. The molecule has 0 saturated carbocycles. The van der Waals surface area contributed by atoms with Crippen LogP contribution in [-0.4, -0.2) is 34.5 Å². The zero-order valence-corrected chi connectivity index (χ0v) is 11.2. The van der Waals surface area contributed by atoms with Crippen molar-refractivity contribution in [3.63, 3.8) is 0 Å². The quantitative estimate of drug-likeness (QED) is 0.390. The van der Waals surface area contributed by atoms with Crippen molar-refractivity contribution in [2.45, 2.75) is 33.0 Å². The van der Waals surface area contributed by atoms with E-state index in [-0.39, 0.29) is 17.1 Å². The summed E-state index contributed by atoms with van der Waals surface area (Å²) in [5.74, 6) is -1.06. The second-order valence-electron chi connectivity index (χ2n) is 4.30. The number of hydrogen-bond donors (Lipinski definition) is 3. The van der Waals surface area contributed by atoms with Gasteiger partial charge < -0.3 is 20.1 Å². The van der Waals surface area contributed by atoms with Crippen molar-refractivity contribution in [3.05, 3.63) is 34.8 Å². The molecule has 0 saturated heterocycles. The van der Waals surface area contributed by atoms with Crippen molar-refractivity contribution < 1.29 is 24.9 Å². The second-order valence-corrected chi connectivity index (χ2v) is 4.30. The van der Waals surface area contributed by atoms with E-state index < -0.39 is 12.2 Å². The van der Waals surface area contributed by atoms with Crippen LogP contribution in [0.15, 0.2) is 34.8 Å². The number of rotatable bonds is 6. The number of carbonyl (C=O) groups is 1. The maximum atomic E-state index is 11.0. The van der Waals surface area contributed by atoms with Crippen LogP contribution >= 0.6 is 0 Å². The zero-order chi connectivity index (χ0) is 14.4. The van der Waals surface area contributed by atoms with Gasteiger partial charge in [-0.15, -0.1) is 0 Å². The van der Waals surface area contributed by atoms with Crippen molar-refractivity contribution in [2.24, 2.45) is 5.92 Å². The normalized spacial score (nSPS) is 20.6. The van der Waals surface area contributed by atoms with E-state index in [0.717, 1.165) is 6.42 Å². The van der Waals surface area contributed by atoms with Gasteiger partial charge in [-0.3, -0.25) is 4.79 Å². The third kappa shape index (κ3) is 3.68. The van der Waals surface area contributed by atoms with E-state index in [2.05, 4.69) is 0 Å². The van der Waals surface area contributed by atoms with Crippen molar-refractivity contribution in [3.8, 4) is 0 Å². The van der Waals surface area contributed by atoms with Gasteiger partial charge in [0.15, 0.2) is 6.29 Å². The van der Waals surface area contributed by atoms with Crippen LogP contribution in [0.4, 0.5) is 0 Å². The molecule has 5 heteroatoms. The number of aldehydes is 1. The van der Waals surface area contributed by atoms with Gasteiger partial charge in [-0.1, -0.05) is 13.3 Å². The van der Waals surface area contributed by atoms with Crippen LogP contribution in [0.3, 0.4) is 0 Å². The summed E-state index contributed by atoms with van der Waals surface area (Å²) >= 11 is 0. The monoisotopic (exact) mass is 268 g/mol. The maximum absolute atomic E-state index is 11.0. The number of aliphatic hydroxyl groups excluding tert-OH is 3. The van der Waals surface area contributed by atoms with E-state index in [1.54, 1.807) is 6.92 Å². The summed E-state index contributed by atoms with van der Waals surface area (Å²) in [6.45, 7) is 3.95. The van der Waals surface area contributed by atoms with Crippen LogP contribution in [0.1, 0.15) is 26.7 Å². The maximum Gasteiger partial charge on any atom is 0.164 e. The van der Waals surface area contributed by atoms with Gasteiger partial charge in [0.05, 0.1) is 11.5 Å². The van der Waals surface area contributed by atoms with Gasteiger partial charge in [0.2, 0.25) is 0 Å². The molecule has 19 heavy (non-hydrogen) atoms. The number of ether oxygens (including phenoxy) is 1. The van der Waals surface area contributed by atoms with E-state index in [0.29, 0.717) is 24.9 Å². The highest BCUT2D eigenvalue weighted by molar-refractivity contribution is 5.78. The highest BCUT2D eigenvalue weighted by Gasteiger charge is 2.26. The fourth-order valence-corrected chi connectivity index (χ4v) is 2.00. The molecule has 0 aromatic carbocycles. The summed E-state index contributed by atoms with van der Waals surface area (Å²) in [5.41, 5.74) is 0.478. The first kappa shape index (κ1) is 15.5. The first-order valence-electron chi connectivity index (χ1n) is 6.35. The van der Waals surface area contributed by atoms with E-state index >= 15 is 0 Å². The molecule has 1 aliphatic carbocycles. The zero-order valence-electron chi connectivity index (χ0n) is 11.2. The van der Waals surface area contributed by atoms with Gasteiger partial charge >= 0.3 is 0 Å². The molecule has 0 aromatic heterocycles. The molecule has 1 atom stereocenters. The Morgan fingerprint density at radius 3 is 2.37 bits per heavy atom. The molecule has 0 fully saturated rings. The van der Waals surface area contributed by atoms with Crippen LogP contribution in [-0.2, 0) is 9.53 Å². The van der Waals surface area contributed by atoms with Gasteiger partial charge in [0.1, 0.15) is 17.8 Å². The summed E-state index contributed by atoms with van der Waals surface area (Å²) in [4.78, 5) is 11.0. The predicted molar refractivity (Wildman–Crippen MR) is 70.5 cm³/mol. The Morgan fingerprint density at radius 1 is 1.37 bits per heavy atom. The lowest BCUT2D eigenvalue weighted by molar-refractivity contribution is -0.110. The van der Waals surface area contributed by atoms with Crippen molar-refractivity contribution in [2.75, 3.05) is 6.61 Å². The van der Waals surface area contributed by atoms with Crippen molar-refractivity contribution in [1.82, 2.24) is 0 Å². The van der Waals surface area contributed by atoms with Crippen LogP contribution in [0, 0.1) is 5.92 Å². The van der Waals surface area contributed by atoms with Gasteiger partial charge in [-0.25, -0.2) is 0 Å². The van der Waals surface area contributed by atoms with Crippen LogP contribution < -0.4 is 0 Å². The van der Waals surface area contributed by atoms with Crippen molar-refractivity contribution >= 4 is 6.29 Å². The number of hydrogen-bond acceptors (Lipinski definition) is 5. The summed E-state index contributed by atoms with van der Waals surface area (Å²) < 4.78 is 5.01. The molecule has 106 valence electrons. The lowest BCUT2D eigenvalue weighted by atomic mass is 9.92. The van der Waals surface area contributed by atoms with Crippen LogP contribution in [0.5, 0.6) is 0 Å². The molecule has 0 radical (unpaired) electrons. The summed E-state index contributed by atoms with van der Waals surface area (Å²) in [5, 5.41) is 29.5. The predicted octanol–water partition coefficient (Wildman–Crippen LogP) is 2.15. The Hall–Kier alpha value is -1.59. The Morgan fingerprint density at radius 2 is 1.95 bits per heavy atom. The van der Waals surface area contributed by atoms with Crippen LogP contribution in [0.25, 0.3) is 0 Å². The molecule has 3 N–H and O–H groups in total. The molecule has 1 unspecified atom stereocenters. The molecule has 5 nitrogen and oxygen atoms in total. The molecule has 0 aromatic rings. The van der Waals surface area contributed by atoms with Crippen LogP contribution in [0.2, 0.25) is 0 Å². The molecule has 0 heterocycles. The smallest absolute Gasteiger partial charge is 0.164 e. The van der Waals surface area contributed by atoms with Gasteiger partial charge in [-0.05, 0) is 25.5 Å². The van der Waals surface area contributed by atoms with E-state index in [9.17, 15) is 20.1 Å². The van der Waals surface area contributed by atoms with E-state index in [4.69, 9.17) is 4.74 Å². The molecular weight excluding hydrogens is 248 g/mol. The molecule has 0 bridgehead atoms. The molecular formula is C14H20O5. The van der Waals surface area contributed by atoms with Gasteiger partial charge in [0, 0.05) is 12.2 Å². The lowest BCUT2D eigenvalue weighted by Gasteiger charge is -2.22. The molecule has 1 aliphatic rings. The van der Waals surface area contributed by atoms with Gasteiger partial charge in [0.25, 0.3) is 0 Å². The Bertz CT molecular complexity index is 398. The minimum absolute atomic E-state index is 0.136. The fraction of sp³-hybridized carbons (Fsp3) is 0.500. The third-order valence-electron chi connectivity index (χ3n) is 2.86. The highest BCUT2D eigenvalue weighted by Crippen LogP contribution is 2.30. The lowest BCUT2D eigenvalue weighted by Crippen LogP contribution is -2.24. The fourth-order valence-electron chi connectivity index (χ4n) is 2.00. The van der Waals surface area contributed by atoms with E-state index in [1.165, 1.54) is 12.2 Å². The average molecular weight is 268 g/mol. The average Bonchev–Trinajstić information content (AvgIpc) is 2.37. The standard InChI is InChI=1S/C14H20O5/c1-3-5-9(8-15)13-11(16)6-10(7-12(13)17)14(18)19-4-2/h6-8,10,14,16-18H,3-5H2,1-2H3. The molecule has 0 spiro atoms. The van der Waals surface area contributed by atoms with Crippen molar-refractivity contribution in [1.29, 1.82) is 0 Å². The third-order valence-corrected chi connectivity index (χ3v) is 2.86. The molecule has 1 rings (SSSR count). The minimum Gasteiger partial charge on any atom is -0.507 e. The highest BCUT2D eigenvalue weighted by atomic mass is 16.6. The Kier molecular flexibility index (Phi) is 5.79. The number of aliphatic hydroxyl groups is 3. The summed E-state index contributed by atoms with van der Waals surface area (Å²) in [6, 6.07) is 0. The summed E-state index contributed by atoms with van der Waals surface area (Å²) in [7, 11) is 0. The topological polar surface area (TPSA) is 87.0 Å². The van der Waals surface area contributed by atoms with E-state index in [1.807, 2.05) is 6.92 Å². The van der Waals surface area contributed by atoms with Gasteiger partial charge in [-0.2, -0.15) is 0 Å². The first-order valence-corrected chi connectivity index (χ1v) is 6.35. The molecule has 0 amide bonds. The Labute approximate surface area is 112 Å². The second kappa shape index (κ2) is 7.11. The number of carbonyl (C=O) groups excluding carboxylic acids is 1.